The molecule has 0 aliphatic carbocycles. The number of carbonyl (C=O) groups is 2. The van der Waals surface area contributed by atoms with Gasteiger partial charge in [0, 0.05) is 11.8 Å². The average Bonchev–Trinajstić information content (AvgIpc) is 2.69. The van der Waals surface area contributed by atoms with Crippen molar-refractivity contribution in [2.24, 2.45) is 4.99 Å². The van der Waals surface area contributed by atoms with Gasteiger partial charge < -0.3 is 10.1 Å². The fourth-order valence-corrected chi connectivity index (χ4v) is 3.35. The molecule has 29 heavy (non-hydrogen) atoms. The first-order valence-electron chi connectivity index (χ1n) is 8.49. The summed E-state index contributed by atoms with van der Waals surface area (Å²) < 4.78 is 32.6. The summed E-state index contributed by atoms with van der Waals surface area (Å²) in [5, 5.41) is 9.06. The van der Waals surface area contributed by atoms with Gasteiger partial charge in [-0.3, -0.25) is 20.4 Å². The van der Waals surface area contributed by atoms with E-state index in [0.717, 1.165) is 6.21 Å². The van der Waals surface area contributed by atoms with Gasteiger partial charge in [-0.2, -0.15) is 0 Å². The molecule has 0 amide bonds. The third-order valence-electron chi connectivity index (χ3n) is 3.65. The van der Waals surface area contributed by atoms with Gasteiger partial charge in [0.15, 0.2) is 5.78 Å². The van der Waals surface area contributed by atoms with Crippen LogP contribution in [0.5, 0.6) is 0 Å². The maximum Gasteiger partial charge on any atom is 0.345 e. The Labute approximate surface area is 168 Å². The summed E-state index contributed by atoms with van der Waals surface area (Å²) in [5.74, 6) is 0.609. The van der Waals surface area contributed by atoms with Crippen molar-refractivity contribution in [2.75, 3.05) is 11.3 Å². The Morgan fingerprint density at radius 2 is 1.93 bits per heavy atom. The fourth-order valence-electron chi connectivity index (χ4n) is 2.23. The highest BCUT2D eigenvalue weighted by atomic mass is 32.2. The predicted molar refractivity (Wildman–Crippen MR) is 110 cm³/mol. The van der Waals surface area contributed by atoms with Crippen LogP contribution in [0.2, 0.25) is 0 Å². The predicted octanol–water partition coefficient (Wildman–Crippen LogP) is 3.12. The van der Waals surface area contributed by atoms with Crippen LogP contribution in [-0.2, 0) is 19.6 Å². The molecule has 0 saturated heterocycles. The normalized spacial score (nSPS) is 11.0. The highest BCUT2D eigenvalue weighted by molar-refractivity contribution is 7.92. The van der Waals surface area contributed by atoms with E-state index in [2.05, 4.69) is 9.71 Å². The topological polar surface area (TPSA) is 124 Å². The van der Waals surface area contributed by atoms with E-state index >= 15 is 0 Å². The average molecular weight is 412 g/mol. The number of benzene rings is 2. The first kappa shape index (κ1) is 21.7. The van der Waals surface area contributed by atoms with E-state index < -0.39 is 16.0 Å². The van der Waals surface area contributed by atoms with Gasteiger partial charge >= 0.3 is 5.97 Å². The molecule has 150 valence electrons. The van der Waals surface area contributed by atoms with Gasteiger partial charge in [-0.15, -0.1) is 0 Å². The third-order valence-corrected chi connectivity index (χ3v) is 5.01. The van der Waals surface area contributed by atoms with Gasteiger partial charge in [-0.1, -0.05) is 24.3 Å². The fraction of sp³-hybridized carbons (Fsp3) is 0.150. The number of anilines is 1. The molecule has 0 atom stereocenters. The number of esters is 1. The second-order valence-corrected chi connectivity index (χ2v) is 7.39. The molecule has 0 radical (unpaired) electrons. The number of hydrogen-bond acceptors (Lipinski definition) is 6. The van der Waals surface area contributed by atoms with Crippen LogP contribution in [0.4, 0.5) is 11.4 Å². The van der Waals surface area contributed by atoms with Crippen LogP contribution in [0, 0.1) is 0 Å². The van der Waals surface area contributed by atoms with Crippen molar-refractivity contribution in [2.45, 2.75) is 18.7 Å². The van der Waals surface area contributed by atoms with Crippen molar-refractivity contribution in [1.82, 2.24) is 0 Å². The number of hydrogen-bond donors (Lipinski definition) is 1. The summed E-state index contributed by atoms with van der Waals surface area (Å²) in [6, 6.07) is 11.9. The zero-order valence-corrected chi connectivity index (χ0v) is 16.6. The molecule has 0 aliphatic rings. The van der Waals surface area contributed by atoms with E-state index in [1.54, 1.807) is 24.9 Å². The summed E-state index contributed by atoms with van der Waals surface area (Å²) in [7, 11) is -4.00. The summed E-state index contributed by atoms with van der Waals surface area (Å²) >= 11 is 0. The molecule has 1 N–H and O–H groups in total. The molecule has 9 heteroatoms. The second-order valence-electron chi connectivity index (χ2n) is 5.71. The Morgan fingerprint density at radius 1 is 1.21 bits per heavy atom. The van der Waals surface area contributed by atoms with E-state index in [1.807, 2.05) is 0 Å². The highest BCUT2D eigenvalue weighted by Gasteiger charge is 2.17. The van der Waals surface area contributed by atoms with Crippen LogP contribution >= 0.6 is 0 Å². The van der Waals surface area contributed by atoms with Crippen molar-refractivity contribution in [1.29, 1.82) is 0 Å². The first-order valence-corrected chi connectivity index (χ1v) is 9.98. The lowest BCUT2D eigenvalue weighted by molar-refractivity contribution is -0.137. The maximum atomic E-state index is 12.7. The molecular formula is C20H18N3O5S-. The number of nitrogens with zero attached hydrogens (tertiary/aromatic N) is 2. The number of Topliss-reactive ketones (excluding diaryl/α,β-unsaturated/α-hetero) is 1. The van der Waals surface area contributed by atoms with E-state index in [-0.39, 0.29) is 39.8 Å². The number of sulfonamides is 1. The van der Waals surface area contributed by atoms with Crippen molar-refractivity contribution < 1.29 is 22.7 Å². The lowest BCUT2D eigenvalue weighted by Crippen LogP contribution is -2.13. The lowest BCUT2D eigenvalue weighted by Gasteiger charge is -2.11. The molecule has 2 aromatic rings. The second kappa shape index (κ2) is 9.59. The number of nitrogens with one attached hydrogen (secondary N) is 1. The molecule has 0 saturated carbocycles. The maximum absolute atomic E-state index is 12.7. The Morgan fingerprint density at radius 3 is 2.59 bits per heavy atom. The number of aliphatic imine (C=N–C) groups is 1. The minimum absolute atomic E-state index is 0.0835. The Balaban J connectivity index is 2.34. The molecule has 0 spiro atoms. The molecule has 2 rings (SSSR count). The quantitative estimate of drug-likeness (QED) is 0.309. The summed E-state index contributed by atoms with van der Waals surface area (Å²) in [6.07, 6.45) is 1.02. The van der Waals surface area contributed by atoms with E-state index in [9.17, 15) is 18.0 Å². The molecule has 0 bridgehead atoms. The minimum atomic E-state index is -4.00. The Bertz CT molecular complexity index is 1120. The summed E-state index contributed by atoms with van der Waals surface area (Å²) in [6.45, 7) is 3.05. The number of para-hydroxylation sites is 2. The van der Waals surface area contributed by atoms with Crippen LogP contribution in [0.1, 0.15) is 24.2 Å². The summed E-state index contributed by atoms with van der Waals surface area (Å²) in [5.41, 5.74) is 0.273. The molecule has 0 aliphatic heterocycles. The SMILES string of the molecule is CCOC(=O)C(=C=[N-])C=Nc1ccccc1NS(=O)(=O)c1cccc(C(C)=O)c1. The van der Waals surface area contributed by atoms with Gasteiger partial charge in [0.05, 0.1) is 28.5 Å². The van der Waals surface area contributed by atoms with Crippen molar-refractivity contribution in [3.8, 4) is 0 Å². The Hall–Kier alpha value is -3.55. The highest BCUT2D eigenvalue weighted by Crippen LogP contribution is 2.27. The van der Waals surface area contributed by atoms with Crippen molar-refractivity contribution in [3.05, 3.63) is 65.1 Å². The van der Waals surface area contributed by atoms with Crippen molar-refractivity contribution in [3.63, 3.8) is 0 Å². The smallest absolute Gasteiger partial charge is 0.345 e. The minimum Gasteiger partial charge on any atom is -0.763 e. The lowest BCUT2D eigenvalue weighted by atomic mass is 10.2. The monoisotopic (exact) mass is 412 g/mol. The number of carbonyl (C=O) groups excluding carboxylic acids is 2. The largest absolute Gasteiger partial charge is 0.763 e. The van der Waals surface area contributed by atoms with Gasteiger partial charge in [0.2, 0.25) is 0 Å². The van der Waals surface area contributed by atoms with E-state index in [1.165, 1.54) is 43.3 Å². The van der Waals surface area contributed by atoms with Gasteiger partial charge in [-0.05, 0) is 38.1 Å². The zero-order chi connectivity index (χ0) is 21.4. The van der Waals surface area contributed by atoms with Crippen LogP contribution in [0.15, 0.2) is 64.0 Å². The van der Waals surface area contributed by atoms with Crippen LogP contribution in [0.3, 0.4) is 0 Å². The first-order chi connectivity index (χ1) is 13.8. The van der Waals surface area contributed by atoms with Crippen LogP contribution < -0.4 is 4.72 Å². The Kier molecular flexibility index (Phi) is 7.19. The van der Waals surface area contributed by atoms with Gasteiger partial charge in [0.25, 0.3) is 10.0 Å². The standard InChI is InChI=1S/C20H18N3O5S/c1-3-28-20(25)16(12-21)13-22-18-9-4-5-10-19(18)23-29(26,27)17-8-6-7-15(11-17)14(2)24/h4-11,13,23H,3H2,1-2H3/q-1. The van der Waals surface area contributed by atoms with Gasteiger partial charge in [0.1, 0.15) is 0 Å². The molecule has 2 aromatic carbocycles. The van der Waals surface area contributed by atoms with Crippen LogP contribution in [0.25, 0.3) is 5.41 Å². The van der Waals surface area contributed by atoms with E-state index in [0.29, 0.717) is 0 Å². The molecule has 0 heterocycles. The zero-order valence-electron chi connectivity index (χ0n) is 15.7. The molecule has 8 nitrogen and oxygen atoms in total. The summed E-state index contributed by atoms with van der Waals surface area (Å²) in [4.78, 5) is 27.1. The molecular weight excluding hydrogens is 394 g/mol. The molecule has 0 aromatic heterocycles. The number of rotatable bonds is 8. The van der Waals surface area contributed by atoms with Gasteiger partial charge in [-0.25, -0.2) is 13.2 Å². The van der Waals surface area contributed by atoms with Crippen molar-refractivity contribution >= 4 is 45.2 Å². The molecule has 0 fully saturated rings. The number of ketones is 1. The third kappa shape index (κ3) is 5.71. The van der Waals surface area contributed by atoms with Crippen LogP contribution in [-0.4, -0.2) is 38.9 Å². The van der Waals surface area contributed by atoms with E-state index in [4.69, 9.17) is 10.1 Å². The number of ether oxygens (including phenoxy) is 1. The molecule has 0 unspecified atom stereocenters.